The number of rotatable bonds is 6. The molecule has 1 aliphatic rings. The molecule has 1 atom stereocenters. The van der Waals surface area contributed by atoms with Gasteiger partial charge in [-0.15, -0.1) is 0 Å². The Kier molecular flexibility index (Phi) is 5.78. The number of anilines is 1. The molecule has 0 aliphatic carbocycles. The molecule has 28 heavy (non-hydrogen) atoms. The maximum Gasteiger partial charge on any atom is 0.338 e. The van der Waals surface area contributed by atoms with Crippen LogP contribution >= 0.6 is 0 Å². The fraction of sp³-hybridized carbons (Fsp3) is 0.200. The van der Waals surface area contributed by atoms with Crippen LogP contribution in [0.3, 0.4) is 0 Å². The van der Waals surface area contributed by atoms with Gasteiger partial charge in [0.15, 0.2) is 0 Å². The summed E-state index contributed by atoms with van der Waals surface area (Å²) >= 11 is 0. The lowest BCUT2D eigenvalue weighted by Gasteiger charge is -2.29. The quantitative estimate of drug-likeness (QED) is 0.666. The molecule has 1 heterocycles. The predicted octanol–water partition coefficient (Wildman–Crippen LogP) is 2.73. The number of hydrogen-bond acceptors (Lipinski definition) is 5. The zero-order chi connectivity index (χ0) is 20.1. The predicted molar refractivity (Wildman–Crippen MR) is 101 cm³/mol. The number of nitrogens with one attached hydrogen (secondary N) is 3. The van der Waals surface area contributed by atoms with E-state index >= 15 is 0 Å². The van der Waals surface area contributed by atoms with Gasteiger partial charge in [-0.1, -0.05) is 12.1 Å². The minimum absolute atomic E-state index is 0.182. The van der Waals surface area contributed by atoms with E-state index in [1.54, 1.807) is 19.2 Å². The Labute approximate surface area is 161 Å². The molecular weight excluding hydrogens is 365 g/mol. The molecule has 0 spiro atoms. The minimum Gasteiger partial charge on any atom is -0.497 e. The van der Waals surface area contributed by atoms with E-state index in [0.717, 1.165) is 5.69 Å². The second-order valence-electron chi connectivity index (χ2n) is 6.05. The molecule has 1 unspecified atom stereocenters. The van der Waals surface area contributed by atoms with Gasteiger partial charge >= 0.3 is 12.0 Å². The van der Waals surface area contributed by atoms with Gasteiger partial charge in [0.2, 0.25) is 0 Å². The highest BCUT2D eigenvalue weighted by molar-refractivity contribution is 5.95. The summed E-state index contributed by atoms with van der Waals surface area (Å²) in [4.78, 5) is 24.6. The van der Waals surface area contributed by atoms with Gasteiger partial charge in [0.05, 0.1) is 38.1 Å². The van der Waals surface area contributed by atoms with E-state index in [9.17, 15) is 14.0 Å². The van der Waals surface area contributed by atoms with Gasteiger partial charge in [0.1, 0.15) is 11.6 Å². The SMILES string of the molecule is COC(=O)C1=C(CNc2ccc(OC)cc2)NC(=O)NC1c1ccc(F)cc1. The maximum absolute atomic E-state index is 13.3. The van der Waals surface area contributed by atoms with Gasteiger partial charge in [0.25, 0.3) is 0 Å². The topological polar surface area (TPSA) is 88.7 Å². The number of urea groups is 1. The number of ether oxygens (including phenoxy) is 2. The first kappa shape index (κ1) is 19.2. The van der Waals surface area contributed by atoms with Crippen LogP contribution in [0.1, 0.15) is 11.6 Å². The van der Waals surface area contributed by atoms with Crippen molar-refractivity contribution in [1.82, 2.24) is 10.6 Å². The number of methoxy groups -OCH3 is 2. The molecule has 1 aliphatic heterocycles. The number of carbonyl (C=O) groups is 2. The molecule has 2 aromatic carbocycles. The Morgan fingerprint density at radius 3 is 2.39 bits per heavy atom. The third kappa shape index (κ3) is 4.22. The summed E-state index contributed by atoms with van der Waals surface area (Å²) < 4.78 is 23.3. The fourth-order valence-electron chi connectivity index (χ4n) is 2.91. The maximum atomic E-state index is 13.3. The van der Waals surface area contributed by atoms with Crippen molar-refractivity contribution < 1.29 is 23.5 Å². The zero-order valence-electron chi connectivity index (χ0n) is 15.4. The number of carbonyl (C=O) groups excluding carboxylic acids is 2. The van der Waals surface area contributed by atoms with Crippen LogP contribution in [0.15, 0.2) is 59.8 Å². The van der Waals surface area contributed by atoms with Crippen LogP contribution < -0.4 is 20.7 Å². The van der Waals surface area contributed by atoms with E-state index < -0.39 is 23.9 Å². The number of halogens is 1. The normalized spacial score (nSPS) is 16.1. The van der Waals surface area contributed by atoms with E-state index in [2.05, 4.69) is 16.0 Å². The smallest absolute Gasteiger partial charge is 0.338 e. The van der Waals surface area contributed by atoms with Gasteiger partial charge in [-0.25, -0.2) is 14.0 Å². The third-order valence-corrected chi connectivity index (χ3v) is 4.32. The summed E-state index contributed by atoms with van der Waals surface area (Å²) in [5.41, 5.74) is 1.97. The van der Waals surface area contributed by atoms with Gasteiger partial charge in [-0.2, -0.15) is 0 Å². The van der Waals surface area contributed by atoms with Crippen LogP contribution in [0, 0.1) is 5.82 Å². The summed E-state index contributed by atoms with van der Waals surface area (Å²) in [6, 6.07) is 11.6. The molecule has 0 radical (unpaired) electrons. The zero-order valence-corrected chi connectivity index (χ0v) is 15.4. The van der Waals surface area contributed by atoms with Crippen molar-refractivity contribution in [2.24, 2.45) is 0 Å². The van der Waals surface area contributed by atoms with Gasteiger partial charge < -0.3 is 25.4 Å². The molecule has 2 amide bonds. The van der Waals surface area contributed by atoms with E-state index in [1.807, 2.05) is 12.1 Å². The molecule has 2 aromatic rings. The fourth-order valence-corrected chi connectivity index (χ4v) is 2.91. The standard InChI is InChI=1S/C20H20FN3O4/c1-27-15-9-7-14(8-10-15)22-11-16-17(19(25)28-2)18(24-20(26)23-16)12-3-5-13(21)6-4-12/h3-10,18,22H,11H2,1-2H3,(H2,23,24,26). The minimum atomic E-state index is -0.755. The van der Waals surface area contributed by atoms with Gasteiger partial charge in [-0.05, 0) is 42.0 Å². The van der Waals surface area contributed by atoms with Crippen LogP contribution in [0.2, 0.25) is 0 Å². The molecule has 146 valence electrons. The van der Waals surface area contributed by atoms with Crippen molar-refractivity contribution in [1.29, 1.82) is 0 Å². The van der Waals surface area contributed by atoms with Crippen LogP contribution in [-0.4, -0.2) is 32.8 Å². The number of hydrogen-bond donors (Lipinski definition) is 3. The molecular formula is C20H20FN3O4. The first-order valence-electron chi connectivity index (χ1n) is 8.54. The van der Waals surface area contributed by atoms with Crippen LogP contribution in [-0.2, 0) is 9.53 Å². The lowest BCUT2D eigenvalue weighted by Crippen LogP contribution is -2.47. The Morgan fingerprint density at radius 1 is 1.11 bits per heavy atom. The molecule has 0 fully saturated rings. The molecule has 8 heteroatoms. The number of amides is 2. The highest BCUT2D eigenvalue weighted by atomic mass is 19.1. The van der Waals surface area contributed by atoms with Crippen molar-refractivity contribution in [2.75, 3.05) is 26.1 Å². The third-order valence-electron chi connectivity index (χ3n) is 4.32. The molecule has 0 saturated heterocycles. The van der Waals surface area contributed by atoms with Crippen molar-refractivity contribution in [3.63, 3.8) is 0 Å². The van der Waals surface area contributed by atoms with Gasteiger partial charge in [0, 0.05) is 5.69 Å². The van der Waals surface area contributed by atoms with E-state index in [1.165, 1.54) is 31.4 Å². The number of esters is 1. The lowest BCUT2D eigenvalue weighted by molar-refractivity contribution is -0.136. The summed E-state index contributed by atoms with van der Waals surface area (Å²) in [7, 11) is 2.85. The van der Waals surface area contributed by atoms with Crippen LogP contribution in [0.25, 0.3) is 0 Å². The first-order chi connectivity index (χ1) is 13.5. The Morgan fingerprint density at radius 2 is 1.79 bits per heavy atom. The van der Waals surface area contributed by atoms with Gasteiger partial charge in [-0.3, -0.25) is 0 Å². The van der Waals surface area contributed by atoms with Crippen molar-refractivity contribution >= 4 is 17.7 Å². The molecule has 3 N–H and O–H groups in total. The molecule has 7 nitrogen and oxygen atoms in total. The highest BCUT2D eigenvalue weighted by Gasteiger charge is 2.33. The average Bonchev–Trinajstić information content (AvgIpc) is 2.72. The summed E-state index contributed by atoms with van der Waals surface area (Å²) in [5, 5.41) is 8.49. The largest absolute Gasteiger partial charge is 0.497 e. The van der Waals surface area contributed by atoms with Crippen molar-refractivity contribution in [3.05, 3.63) is 71.2 Å². The second-order valence-corrected chi connectivity index (χ2v) is 6.05. The van der Waals surface area contributed by atoms with Crippen LogP contribution in [0.4, 0.5) is 14.9 Å². The van der Waals surface area contributed by atoms with Crippen molar-refractivity contribution in [3.8, 4) is 5.75 Å². The molecule has 0 saturated carbocycles. The number of benzene rings is 2. The van der Waals surface area contributed by atoms with Crippen molar-refractivity contribution in [2.45, 2.75) is 6.04 Å². The Hall–Kier alpha value is -3.55. The molecule has 0 bridgehead atoms. The Bertz CT molecular complexity index is 895. The summed E-state index contributed by atoms with van der Waals surface area (Å²) in [6.07, 6.45) is 0. The highest BCUT2D eigenvalue weighted by Crippen LogP contribution is 2.28. The summed E-state index contributed by atoms with van der Waals surface area (Å²) in [6.45, 7) is 0.182. The van der Waals surface area contributed by atoms with Crippen LogP contribution in [0.5, 0.6) is 5.75 Å². The van der Waals surface area contributed by atoms with E-state index in [0.29, 0.717) is 17.0 Å². The molecule has 3 rings (SSSR count). The monoisotopic (exact) mass is 385 g/mol. The first-order valence-corrected chi connectivity index (χ1v) is 8.54. The lowest BCUT2D eigenvalue weighted by atomic mass is 9.95. The second kappa shape index (κ2) is 8.43. The Balaban J connectivity index is 1.91. The average molecular weight is 385 g/mol. The summed E-state index contributed by atoms with van der Waals surface area (Å²) in [5.74, 6) is -0.283. The van der Waals surface area contributed by atoms with E-state index in [4.69, 9.17) is 9.47 Å². The molecule has 0 aromatic heterocycles. The van der Waals surface area contributed by atoms with E-state index in [-0.39, 0.29) is 12.1 Å².